The number of phenolic OH excluding ortho intramolecular Hbond substituents is 1. The second kappa shape index (κ2) is 20.7. The Morgan fingerprint density at radius 2 is 1.84 bits per heavy atom. The number of rotatable bonds is 20. The van der Waals surface area contributed by atoms with E-state index in [1.807, 2.05) is 32.7 Å². The normalized spacial score (nSPS) is 17.1. The number of thiazole rings is 1. The molecule has 2 aromatic rings. The fourth-order valence-corrected chi connectivity index (χ4v) is 6.88. The average molecular weight is 729 g/mol. The molecule has 2 heterocycles. The van der Waals surface area contributed by atoms with Crippen molar-refractivity contribution in [1.82, 2.24) is 25.4 Å². The first-order valence-corrected chi connectivity index (χ1v) is 19.0. The van der Waals surface area contributed by atoms with Gasteiger partial charge in [-0.3, -0.25) is 28.9 Å². The number of aryl methyl sites for hydroxylation is 1. The van der Waals surface area contributed by atoms with E-state index in [4.69, 9.17) is 10.5 Å². The molecule has 0 spiro atoms. The molecule has 5 atom stereocenters. The Balaban J connectivity index is 1.68. The summed E-state index contributed by atoms with van der Waals surface area (Å²) in [7, 11) is 1.93. The number of likely N-dealkylation sites (tertiary alicyclic amines) is 1. The highest BCUT2D eigenvalue weighted by molar-refractivity contribution is 7.09. The number of aromatic nitrogens is 1. The largest absolute Gasteiger partial charge is 0.508 e. The summed E-state index contributed by atoms with van der Waals surface area (Å²) in [5, 5.41) is 18.0. The molecule has 0 radical (unpaired) electrons. The van der Waals surface area contributed by atoms with Gasteiger partial charge in [0.15, 0.2) is 6.73 Å². The second-order valence-electron chi connectivity index (χ2n) is 13.7. The van der Waals surface area contributed by atoms with Crippen molar-refractivity contribution in [3.05, 3.63) is 45.9 Å². The summed E-state index contributed by atoms with van der Waals surface area (Å²) in [4.78, 5) is 72.8. The molecule has 3 rings (SSSR count). The van der Waals surface area contributed by atoms with Gasteiger partial charge in [-0.05, 0) is 75.7 Å². The van der Waals surface area contributed by atoms with Crippen LogP contribution in [0.25, 0.3) is 0 Å². The monoisotopic (exact) mass is 728 g/mol. The Morgan fingerprint density at radius 3 is 2.49 bits per heavy atom. The first-order chi connectivity index (χ1) is 24.3. The van der Waals surface area contributed by atoms with Crippen molar-refractivity contribution in [2.75, 3.05) is 26.9 Å². The molecule has 1 unspecified atom stereocenters. The Morgan fingerprint density at radius 1 is 1.12 bits per heavy atom. The molecule has 0 saturated carbocycles. The molecular formula is C37H56N6O7S. The number of likely N-dealkylation sites (N-methyl/N-ethyl adjacent to an activating group) is 1. The fraction of sp³-hybridized carbons (Fsp3) is 0.622. The van der Waals surface area contributed by atoms with Crippen molar-refractivity contribution in [2.45, 2.75) is 110 Å². The fourth-order valence-electron chi connectivity index (χ4n) is 6.06. The number of hydrogen-bond donors (Lipinski definition) is 4. The van der Waals surface area contributed by atoms with Gasteiger partial charge in [-0.15, -0.1) is 11.3 Å². The van der Waals surface area contributed by atoms with Gasteiger partial charge in [-0.1, -0.05) is 52.7 Å². The zero-order valence-electron chi connectivity index (χ0n) is 30.7. The van der Waals surface area contributed by atoms with Gasteiger partial charge in [-0.2, -0.15) is 0 Å². The lowest BCUT2D eigenvalue weighted by atomic mass is 9.95. The topological polar surface area (TPSA) is 184 Å². The van der Waals surface area contributed by atoms with Gasteiger partial charge in [0.05, 0.1) is 11.0 Å². The van der Waals surface area contributed by atoms with Gasteiger partial charge in [-0.25, -0.2) is 4.98 Å². The maximum Gasteiger partial charge on any atom is 0.307 e. The number of nitrogens with zero attached hydrogens (tertiary/aromatic N) is 3. The lowest BCUT2D eigenvalue weighted by Gasteiger charge is -2.35. The van der Waals surface area contributed by atoms with Crippen LogP contribution in [0.4, 0.5) is 0 Å². The van der Waals surface area contributed by atoms with Crippen molar-refractivity contribution in [3.63, 3.8) is 0 Å². The van der Waals surface area contributed by atoms with E-state index in [-0.39, 0.29) is 60.8 Å². The number of carbonyl (C=O) groups excluding carboxylic acids is 5. The number of aromatic hydroxyl groups is 1. The van der Waals surface area contributed by atoms with Crippen LogP contribution in [0.5, 0.6) is 5.75 Å². The van der Waals surface area contributed by atoms with Crippen LogP contribution in [0.3, 0.4) is 0 Å². The van der Waals surface area contributed by atoms with E-state index in [1.54, 1.807) is 36.6 Å². The summed E-state index contributed by atoms with van der Waals surface area (Å²) in [5.41, 5.74) is 6.63. The summed E-state index contributed by atoms with van der Waals surface area (Å²) in [6.45, 7) is 8.36. The van der Waals surface area contributed by atoms with E-state index >= 15 is 0 Å². The Bertz CT molecular complexity index is 1450. The number of phenols is 1. The van der Waals surface area contributed by atoms with Crippen LogP contribution in [0.2, 0.25) is 0 Å². The molecule has 282 valence electrons. The molecule has 0 aliphatic carbocycles. The molecule has 5 N–H and O–H groups in total. The first kappa shape index (κ1) is 41.4. The molecule has 13 nitrogen and oxygen atoms in total. The van der Waals surface area contributed by atoms with Gasteiger partial charge in [0.25, 0.3) is 5.91 Å². The Hall–Kier alpha value is -4.04. The number of carbonyl (C=O) groups is 5. The molecule has 1 fully saturated rings. The highest BCUT2D eigenvalue weighted by Gasteiger charge is 2.34. The van der Waals surface area contributed by atoms with Crippen LogP contribution < -0.4 is 16.4 Å². The maximum atomic E-state index is 14.0. The summed E-state index contributed by atoms with van der Waals surface area (Å²) >= 11 is 1.33. The summed E-state index contributed by atoms with van der Waals surface area (Å²) in [6, 6.07) is 5.19. The highest BCUT2D eigenvalue weighted by atomic mass is 32.1. The number of ether oxygens (including phenoxy) is 1. The molecule has 51 heavy (non-hydrogen) atoms. The number of hydrogen-bond acceptors (Lipinski definition) is 10. The molecule has 1 aromatic heterocycles. The SMILES string of the molecule is CCCC(=O)OCN(CCCc1nc(C(=O)N[C@@H](Cc2ccc(O)cc2)C[C@H](C)C(N)=O)cs1)C(=O)C(NC(=O)[C@H]1CCCCN1C)[C@@H](C)CC. The van der Waals surface area contributed by atoms with Gasteiger partial charge in [0, 0.05) is 36.7 Å². The number of nitrogens with two attached hydrogens (primary N) is 1. The molecule has 1 saturated heterocycles. The third-order valence-electron chi connectivity index (χ3n) is 9.48. The number of primary amides is 1. The molecule has 14 heteroatoms. The Labute approximate surface area is 305 Å². The first-order valence-electron chi connectivity index (χ1n) is 18.1. The third kappa shape index (κ3) is 13.2. The van der Waals surface area contributed by atoms with Crippen molar-refractivity contribution in [2.24, 2.45) is 17.6 Å². The minimum Gasteiger partial charge on any atom is -0.508 e. The van der Waals surface area contributed by atoms with E-state index in [2.05, 4.69) is 15.6 Å². The van der Waals surface area contributed by atoms with Crippen LogP contribution in [0, 0.1) is 11.8 Å². The summed E-state index contributed by atoms with van der Waals surface area (Å²) in [6.07, 6.45) is 5.98. The molecular weight excluding hydrogens is 673 g/mol. The van der Waals surface area contributed by atoms with Gasteiger partial charge >= 0.3 is 5.97 Å². The van der Waals surface area contributed by atoms with Crippen LogP contribution in [0.1, 0.15) is 100 Å². The number of amides is 4. The lowest BCUT2D eigenvalue weighted by molar-refractivity contribution is -0.155. The van der Waals surface area contributed by atoms with Crippen molar-refractivity contribution >= 4 is 40.9 Å². The smallest absolute Gasteiger partial charge is 0.307 e. The van der Waals surface area contributed by atoms with E-state index in [9.17, 15) is 29.1 Å². The van der Waals surface area contributed by atoms with E-state index in [1.165, 1.54) is 16.2 Å². The predicted molar refractivity (Wildman–Crippen MR) is 196 cm³/mol. The maximum absolute atomic E-state index is 14.0. The number of esters is 1. The number of nitrogens with one attached hydrogen (secondary N) is 2. The van der Waals surface area contributed by atoms with Gasteiger partial charge in [0.1, 0.15) is 17.5 Å². The molecule has 4 amide bonds. The van der Waals surface area contributed by atoms with Crippen molar-refractivity contribution < 1.29 is 33.8 Å². The number of piperidine rings is 1. The number of benzene rings is 1. The minimum atomic E-state index is -0.773. The van der Waals surface area contributed by atoms with Gasteiger partial charge < -0.3 is 31.1 Å². The molecule has 1 aromatic carbocycles. The lowest BCUT2D eigenvalue weighted by Crippen LogP contribution is -2.57. The van der Waals surface area contributed by atoms with E-state index in [0.717, 1.165) is 31.4 Å². The van der Waals surface area contributed by atoms with Crippen LogP contribution in [-0.4, -0.2) is 94.5 Å². The summed E-state index contributed by atoms with van der Waals surface area (Å²) < 4.78 is 5.47. The third-order valence-corrected chi connectivity index (χ3v) is 10.4. The standard InChI is InChI=1S/C37H56N6O7S/c1-6-11-32(45)50-23-43(37(49)33(24(3)7-2)41-36(48)30-12-8-9-18-42(30)5)19-10-13-31-40-29(22-51-31)35(47)39-27(20-25(4)34(38)46)21-26-14-16-28(44)17-15-26/h14-17,22,24-25,27,30,33,44H,6-13,18-21,23H2,1-5H3,(H2,38,46)(H,39,47)(H,41,48)/t24-,25-,27+,30+,33?/m0/s1. The quantitative estimate of drug-likeness (QED) is 0.116. The Kier molecular flexibility index (Phi) is 16.8. The zero-order chi connectivity index (χ0) is 37.5. The second-order valence-corrected chi connectivity index (χ2v) is 14.6. The van der Waals surface area contributed by atoms with E-state index in [0.29, 0.717) is 43.5 Å². The zero-order valence-corrected chi connectivity index (χ0v) is 31.5. The predicted octanol–water partition coefficient (Wildman–Crippen LogP) is 3.78. The average Bonchev–Trinajstić information content (AvgIpc) is 3.58. The molecule has 1 aliphatic rings. The summed E-state index contributed by atoms with van der Waals surface area (Å²) in [5.74, 6) is -2.18. The molecule has 1 aliphatic heterocycles. The van der Waals surface area contributed by atoms with Crippen LogP contribution in [0.15, 0.2) is 29.6 Å². The minimum absolute atomic E-state index is 0.134. The van der Waals surface area contributed by atoms with Crippen molar-refractivity contribution in [3.8, 4) is 5.75 Å². The van der Waals surface area contributed by atoms with Gasteiger partial charge in [0.2, 0.25) is 17.7 Å². The molecule has 0 bridgehead atoms. The van der Waals surface area contributed by atoms with Crippen LogP contribution in [-0.2, 0) is 36.8 Å². The highest BCUT2D eigenvalue weighted by Crippen LogP contribution is 2.20. The van der Waals surface area contributed by atoms with Crippen LogP contribution >= 0.6 is 11.3 Å². The van der Waals surface area contributed by atoms with E-state index < -0.39 is 29.9 Å². The van der Waals surface area contributed by atoms with Crippen molar-refractivity contribution in [1.29, 1.82) is 0 Å².